The number of azide groups is 1. The minimum atomic E-state index is -0.511. The Morgan fingerprint density at radius 1 is 1.67 bits per heavy atom. The Morgan fingerprint density at radius 2 is 2.39 bits per heavy atom. The molecule has 0 radical (unpaired) electrons. The number of nitrogens with two attached hydrogens (primary N) is 1. The van der Waals surface area contributed by atoms with Crippen LogP contribution in [0.1, 0.15) is 31.0 Å². The highest BCUT2D eigenvalue weighted by Crippen LogP contribution is 2.41. The van der Waals surface area contributed by atoms with Gasteiger partial charge in [0.05, 0.1) is 6.54 Å². The fourth-order valence-electron chi connectivity index (χ4n) is 2.22. The predicted octanol–water partition coefficient (Wildman–Crippen LogP) is 3.36. The number of hydrogen-bond acceptors (Lipinski definition) is 3. The molecule has 1 unspecified atom stereocenters. The van der Waals surface area contributed by atoms with Crippen LogP contribution in [0.4, 0.5) is 0 Å². The Kier molecular flexibility index (Phi) is 3.39. The molecule has 1 aliphatic rings. The molecule has 1 heterocycles. The summed E-state index contributed by atoms with van der Waals surface area (Å²) < 4.78 is 5.94. The number of rotatable bonds is 3. The van der Waals surface area contributed by atoms with E-state index in [2.05, 4.69) is 10.0 Å². The molecule has 0 saturated carbocycles. The summed E-state index contributed by atoms with van der Waals surface area (Å²) in [6.07, 6.45) is 0.668. The van der Waals surface area contributed by atoms with Gasteiger partial charge in [-0.25, -0.2) is 0 Å². The zero-order valence-electron chi connectivity index (χ0n) is 10.4. The van der Waals surface area contributed by atoms with E-state index in [-0.39, 0.29) is 12.6 Å². The molecule has 0 aromatic heterocycles. The smallest absolute Gasteiger partial charge is 0.128 e. The lowest BCUT2D eigenvalue weighted by Gasteiger charge is -2.22. The van der Waals surface area contributed by atoms with Crippen LogP contribution in [0, 0.1) is 0 Å². The van der Waals surface area contributed by atoms with Crippen LogP contribution in [-0.4, -0.2) is 12.1 Å². The fraction of sp³-hybridized carbons (Fsp3) is 0.500. The maximum Gasteiger partial charge on any atom is 0.128 e. The second kappa shape index (κ2) is 4.69. The summed E-state index contributed by atoms with van der Waals surface area (Å²) in [7, 11) is 0. The molecule has 1 aromatic rings. The third kappa shape index (κ3) is 2.38. The van der Waals surface area contributed by atoms with Crippen LogP contribution in [0.3, 0.4) is 0 Å². The summed E-state index contributed by atoms with van der Waals surface area (Å²) >= 11 is 6.08. The minimum absolute atomic E-state index is 0.153. The van der Waals surface area contributed by atoms with Gasteiger partial charge in [-0.1, -0.05) is 16.7 Å². The highest BCUT2D eigenvalue weighted by molar-refractivity contribution is 6.30. The molecule has 6 heteroatoms. The Hall–Kier alpha value is -1.42. The van der Waals surface area contributed by atoms with Crippen molar-refractivity contribution >= 4 is 11.6 Å². The monoisotopic (exact) mass is 266 g/mol. The highest BCUT2D eigenvalue weighted by atomic mass is 35.5. The van der Waals surface area contributed by atoms with Crippen LogP contribution < -0.4 is 10.5 Å². The number of nitrogens with zero attached hydrogens (tertiary/aromatic N) is 3. The van der Waals surface area contributed by atoms with Crippen LogP contribution in [0.15, 0.2) is 17.2 Å². The van der Waals surface area contributed by atoms with E-state index < -0.39 is 5.60 Å². The number of benzene rings is 1. The van der Waals surface area contributed by atoms with E-state index in [0.29, 0.717) is 11.4 Å². The van der Waals surface area contributed by atoms with Gasteiger partial charge in [0, 0.05) is 28.0 Å². The van der Waals surface area contributed by atoms with Crippen molar-refractivity contribution in [2.75, 3.05) is 6.54 Å². The largest absolute Gasteiger partial charge is 0.486 e. The summed E-state index contributed by atoms with van der Waals surface area (Å²) in [4.78, 5) is 2.78. The lowest BCUT2D eigenvalue weighted by molar-refractivity contribution is 0.124. The molecule has 18 heavy (non-hydrogen) atoms. The Balaban J connectivity index is 2.39. The lowest BCUT2D eigenvalue weighted by Crippen LogP contribution is -2.33. The molecule has 96 valence electrons. The number of fused-ring (bicyclic) bond motifs is 1. The van der Waals surface area contributed by atoms with Gasteiger partial charge in [0.1, 0.15) is 11.4 Å². The molecular weight excluding hydrogens is 252 g/mol. The summed E-state index contributed by atoms with van der Waals surface area (Å²) in [6.45, 7) is 4.09. The molecule has 1 aliphatic heterocycles. The molecule has 5 nitrogen and oxygen atoms in total. The highest BCUT2D eigenvalue weighted by Gasteiger charge is 2.36. The van der Waals surface area contributed by atoms with Crippen molar-refractivity contribution in [2.45, 2.75) is 31.9 Å². The summed E-state index contributed by atoms with van der Waals surface area (Å²) in [5.41, 5.74) is 15.7. The summed E-state index contributed by atoms with van der Waals surface area (Å²) in [5.74, 6) is 0.782. The first kappa shape index (κ1) is 13.0. The molecule has 0 amide bonds. The second-order valence-electron chi connectivity index (χ2n) is 4.89. The molecular formula is C12H15ClN4O. The first-order valence-corrected chi connectivity index (χ1v) is 6.11. The van der Waals surface area contributed by atoms with Crippen molar-refractivity contribution in [2.24, 2.45) is 10.8 Å². The van der Waals surface area contributed by atoms with Gasteiger partial charge >= 0.3 is 0 Å². The van der Waals surface area contributed by atoms with Crippen LogP contribution in [0.25, 0.3) is 10.4 Å². The lowest BCUT2D eigenvalue weighted by atomic mass is 9.97. The van der Waals surface area contributed by atoms with Gasteiger partial charge in [0.2, 0.25) is 0 Å². The number of halogens is 1. The van der Waals surface area contributed by atoms with Gasteiger partial charge in [-0.2, -0.15) is 0 Å². The van der Waals surface area contributed by atoms with Gasteiger partial charge in [-0.3, -0.25) is 0 Å². The van der Waals surface area contributed by atoms with Gasteiger partial charge in [-0.15, -0.1) is 0 Å². The second-order valence-corrected chi connectivity index (χ2v) is 5.33. The fourth-order valence-corrected chi connectivity index (χ4v) is 2.47. The Morgan fingerprint density at radius 3 is 3.00 bits per heavy atom. The molecule has 1 aromatic carbocycles. The zero-order chi connectivity index (χ0) is 13.3. The maximum atomic E-state index is 8.41. The Bertz CT molecular complexity index is 525. The molecule has 0 saturated heterocycles. The van der Waals surface area contributed by atoms with E-state index in [0.717, 1.165) is 16.9 Å². The van der Waals surface area contributed by atoms with E-state index >= 15 is 0 Å². The van der Waals surface area contributed by atoms with Crippen molar-refractivity contribution in [3.63, 3.8) is 0 Å². The molecule has 0 aliphatic carbocycles. The maximum absolute atomic E-state index is 8.41. The van der Waals surface area contributed by atoms with Gasteiger partial charge in [0.25, 0.3) is 0 Å². The molecule has 2 N–H and O–H groups in total. The number of hydrogen-bond donors (Lipinski definition) is 1. The van der Waals surface area contributed by atoms with Crippen LogP contribution >= 0.6 is 11.6 Å². The van der Waals surface area contributed by atoms with E-state index in [1.165, 1.54) is 0 Å². The quantitative estimate of drug-likeness (QED) is 0.517. The van der Waals surface area contributed by atoms with Gasteiger partial charge in [-0.05, 0) is 37.1 Å². The predicted molar refractivity (Wildman–Crippen MR) is 70.8 cm³/mol. The average Bonchev–Trinajstić information content (AvgIpc) is 2.62. The first-order chi connectivity index (χ1) is 8.45. The number of ether oxygens (including phenoxy) is 1. The van der Waals surface area contributed by atoms with E-state index in [4.69, 9.17) is 27.6 Å². The van der Waals surface area contributed by atoms with Crippen molar-refractivity contribution in [3.05, 3.63) is 38.7 Å². The van der Waals surface area contributed by atoms with E-state index in [9.17, 15) is 0 Å². The SMILES string of the molecule is C[C@@H](N)c1cc(Cl)cc2c1OC(C)(CN=[N+]=[N-])C2. The topological polar surface area (TPSA) is 84.0 Å². The zero-order valence-corrected chi connectivity index (χ0v) is 11.1. The summed E-state index contributed by atoms with van der Waals surface area (Å²) in [5, 5.41) is 4.25. The van der Waals surface area contributed by atoms with Crippen LogP contribution in [-0.2, 0) is 6.42 Å². The Labute approximate surface area is 111 Å². The van der Waals surface area contributed by atoms with Crippen LogP contribution in [0.2, 0.25) is 5.02 Å². The van der Waals surface area contributed by atoms with E-state index in [1.54, 1.807) is 0 Å². The average molecular weight is 267 g/mol. The van der Waals surface area contributed by atoms with Crippen molar-refractivity contribution in [3.8, 4) is 5.75 Å². The van der Waals surface area contributed by atoms with Crippen LogP contribution in [0.5, 0.6) is 5.75 Å². The van der Waals surface area contributed by atoms with Gasteiger partial charge < -0.3 is 10.5 Å². The standard InChI is InChI=1S/C12H15ClN4O/c1-7(14)10-4-9(13)3-8-5-12(2,6-16-17-15)18-11(8)10/h3-4,7H,5-6,14H2,1-2H3/t7-,12?/m1/s1. The normalized spacial score (nSPS) is 22.9. The molecule has 0 spiro atoms. The van der Waals surface area contributed by atoms with E-state index in [1.807, 2.05) is 26.0 Å². The molecule has 0 fully saturated rings. The summed E-state index contributed by atoms with van der Waals surface area (Å²) in [6, 6.07) is 3.55. The molecule has 0 bridgehead atoms. The first-order valence-electron chi connectivity index (χ1n) is 5.73. The van der Waals surface area contributed by atoms with Crippen molar-refractivity contribution in [1.82, 2.24) is 0 Å². The van der Waals surface area contributed by atoms with Crippen molar-refractivity contribution < 1.29 is 4.74 Å². The van der Waals surface area contributed by atoms with Crippen molar-refractivity contribution in [1.29, 1.82) is 0 Å². The molecule has 2 atom stereocenters. The minimum Gasteiger partial charge on any atom is -0.486 e. The van der Waals surface area contributed by atoms with Gasteiger partial charge in [0.15, 0.2) is 0 Å². The third-order valence-corrected chi connectivity index (χ3v) is 3.25. The third-order valence-electron chi connectivity index (χ3n) is 3.03. The molecule has 2 rings (SSSR count).